The summed E-state index contributed by atoms with van der Waals surface area (Å²) in [6.45, 7) is -0.190. The molecule has 0 fully saturated rings. The fraction of sp³-hybridized carbons (Fsp3) is 0.286. The van der Waals surface area contributed by atoms with Crippen LogP contribution in [0.4, 0.5) is 0 Å². The number of ether oxygens (including phenoxy) is 1. The molecule has 1 aromatic heterocycles. The lowest BCUT2D eigenvalue weighted by molar-refractivity contribution is -0.131. The van der Waals surface area contributed by atoms with Crippen LogP contribution in [0.1, 0.15) is 26.5 Å². The third-order valence-electron chi connectivity index (χ3n) is 4.66. The molecule has 0 bridgehead atoms. The van der Waals surface area contributed by atoms with Gasteiger partial charge >= 0.3 is 0 Å². The molecule has 1 amide bonds. The first-order chi connectivity index (χ1) is 14.5. The topological polar surface area (TPSA) is 113 Å². The van der Waals surface area contributed by atoms with Gasteiger partial charge in [-0.15, -0.1) is 0 Å². The monoisotopic (exact) mass is 410 g/mol. The molecule has 30 heavy (non-hydrogen) atoms. The molecule has 0 radical (unpaired) electrons. The van der Waals surface area contributed by atoms with Gasteiger partial charge in [0, 0.05) is 39.6 Å². The van der Waals surface area contributed by atoms with Crippen LogP contribution in [0, 0.1) is 0 Å². The molecular formula is C21H22N4O5. The number of benzene rings is 1. The number of amides is 1. The summed E-state index contributed by atoms with van der Waals surface area (Å²) in [4.78, 5) is 49.8. The molecule has 0 atom stereocenters. The average molecular weight is 410 g/mol. The molecule has 2 aromatic rings. The minimum atomic E-state index is -0.587. The molecule has 0 unspecified atom stereocenters. The van der Waals surface area contributed by atoms with E-state index in [-0.39, 0.29) is 49.1 Å². The van der Waals surface area contributed by atoms with Crippen LogP contribution in [0.25, 0.3) is 0 Å². The number of ketones is 2. The number of methoxy groups -OCH3 is 1. The normalized spacial score (nSPS) is 13.3. The van der Waals surface area contributed by atoms with Crippen LogP contribution < -0.4 is 0 Å². The molecule has 9 nitrogen and oxygen atoms in total. The summed E-state index contributed by atoms with van der Waals surface area (Å²) >= 11 is 0. The standard InChI is InChI=1S/C21H22N4O5/c1-24(15(27)13-30-2)18-19(21(29)17-16(20(18)28)22-8-9-23-17)25(10-11-26)12-14-6-4-3-5-7-14/h3-9,26H,10-13H2,1-2H3. The third kappa shape index (κ3) is 4.12. The second kappa shape index (κ2) is 9.38. The maximum atomic E-state index is 13.4. The molecule has 3 rings (SSSR count). The van der Waals surface area contributed by atoms with E-state index in [1.807, 2.05) is 30.3 Å². The van der Waals surface area contributed by atoms with Crippen molar-refractivity contribution < 1.29 is 24.2 Å². The number of aliphatic hydroxyl groups excluding tert-OH is 1. The van der Waals surface area contributed by atoms with E-state index in [2.05, 4.69) is 9.97 Å². The summed E-state index contributed by atoms with van der Waals surface area (Å²) in [7, 11) is 2.77. The molecule has 1 aliphatic rings. The van der Waals surface area contributed by atoms with E-state index < -0.39 is 17.5 Å². The summed E-state index contributed by atoms with van der Waals surface area (Å²) in [5, 5.41) is 9.62. The van der Waals surface area contributed by atoms with Crippen molar-refractivity contribution in [1.29, 1.82) is 0 Å². The summed E-state index contributed by atoms with van der Waals surface area (Å²) in [6, 6.07) is 9.30. The van der Waals surface area contributed by atoms with Gasteiger partial charge in [0.15, 0.2) is 0 Å². The summed E-state index contributed by atoms with van der Waals surface area (Å²) in [5.41, 5.74) is 0.568. The highest BCUT2D eigenvalue weighted by Crippen LogP contribution is 2.29. The van der Waals surface area contributed by atoms with Gasteiger partial charge in [-0.25, -0.2) is 9.97 Å². The number of hydrogen-bond acceptors (Lipinski definition) is 8. The molecule has 1 N–H and O–H groups in total. The molecule has 1 aliphatic carbocycles. The zero-order valence-corrected chi connectivity index (χ0v) is 16.7. The van der Waals surface area contributed by atoms with Crippen molar-refractivity contribution in [1.82, 2.24) is 19.8 Å². The molecule has 0 aliphatic heterocycles. The van der Waals surface area contributed by atoms with Crippen LogP contribution in [-0.2, 0) is 16.1 Å². The first-order valence-corrected chi connectivity index (χ1v) is 9.29. The molecule has 1 aromatic carbocycles. The van der Waals surface area contributed by atoms with E-state index in [9.17, 15) is 19.5 Å². The quantitative estimate of drug-likeness (QED) is 0.676. The number of carbonyl (C=O) groups is 3. The molecule has 0 saturated heterocycles. The number of aliphatic hydroxyl groups is 1. The molecule has 156 valence electrons. The zero-order chi connectivity index (χ0) is 21.7. The third-order valence-corrected chi connectivity index (χ3v) is 4.66. The van der Waals surface area contributed by atoms with E-state index in [0.29, 0.717) is 0 Å². The molecule has 0 spiro atoms. The van der Waals surface area contributed by atoms with Crippen LogP contribution in [0.2, 0.25) is 0 Å². The van der Waals surface area contributed by atoms with Gasteiger partial charge in [-0.3, -0.25) is 14.4 Å². The molecule has 9 heteroatoms. The number of likely N-dealkylation sites (N-methyl/N-ethyl adjacent to an activating group) is 1. The van der Waals surface area contributed by atoms with Crippen molar-refractivity contribution in [3.05, 3.63) is 71.1 Å². The maximum Gasteiger partial charge on any atom is 0.252 e. The lowest BCUT2D eigenvalue weighted by Gasteiger charge is -2.33. The lowest BCUT2D eigenvalue weighted by Crippen LogP contribution is -2.43. The van der Waals surface area contributed by atoms with Gasteiger partial charge in [0.2, 0.25) is 11.6 Å². The van der Waals surface area contributed by atoms with Crippen molar-refractivity contribution in [2.45, 2.75) is 6.54 Å². The smallest absolute Gasteiger partial charge is 0.252 e. The Morgan fingerprint density at radius 1 is 1.03 bits per heavy atom. The number of carbonyl (C=O) groups excluding carboxylic acids is 3. The zero-order valence-electron chi connectivity index (χ0n) is 16.7. The fourth-order valence-corrected chi connectivity index (χ4v) is 3.25. The SMILES string of the molecule is COCC(=O)N(C)C1=C(N(CCO)Cc2ccccc2)C(=O)c2nccnc2C1=O. The Morgan fingerprint density at radius 3 is 2.20 bits per heavy atom. The highest BCUT2D eigenvalue weighted by Gasteiger charge is 2.40. The highest BCUT2D eigenvalue weighted by molar-refractivity contribution is 6.25. The second-order valence-electron chi connectivity index (χ2n) is 6.63. The number of aromatic nitrogens is 2. The van der Waals surface area contributed by atoms with Crippen LogP contribution in [-0.4, -0.2) is 76.3 Å². The van der Waals surface area contributed by atoms with Crippen LogP contribution in [0.3, 0.4) is 0 Å². The number of rotatable bonds is 8. The Labute approximate surface area is 173 Å². The Kier molecular flexibility index (Phi) is 6.65. The Hall–Kier alpha value is -3.43. The van der Waals surface area contributed by atoms with Crippen LogP contribution in [0.15, 0.2) is 54.1 Å². The predicted molar refractivity (Wildman–Crippen MR) is 106 cm³/mol. The Balaban J connectivity index is 2.16. The number of fused-ring (bicyclic) bond motifs is 1. The number of allylic oxidation sites excluding steroid dienone is 2. The van der Waals surface area contributed by atoms with Crippen LogP contribution in [0.5, 0.6) is 0 Å². The van der Waals surface area contributed by atoms with E-state index in [1.54, 1.807) is 4.90 Å². The first kappa shape index (κ1) is 21.3. The average Bonchev–Trinajstić information content (AvgIpc) is 2.76. The first-order valence-electron chi connectivity index (χ1n) is 9.29. The summed E-state index contributed by atoms with van der Waals surface area (Å²) < 4.78 is 4.89. The van der Waals surface area contributed by atoms with Crippen molar-refractivity contribution >= 4 is 17.5 Å². The van der Waals surface area contributed by atoms with Crippen LogP contribution >= 0.6 is 0 Å². The lowest BCUT2D eigenvalue weighted by atomic mass is 9.96. The minimum absolute atomic E-state index is 0.00199. The van der Waals surface area contributed by atoms with Crippen molar-refractivity contribution in [2.24, 2.45) is 0 Å². The highest BCUT2D eigenvalue weighted by atomic mass is 16.5. The largest absolute Gasteiger partial charge is 0.395 e. The maximum absolute atomic E-state index is 13.4. The van der Waals surface area contributed by atoms with Crippen molar-refractivity contribution in [3.8, 4) is 0 Å². The molecule has 1 heterocycles. The second-order valence-corrected chi connectivity index (χ2v) is 6.63. The Bertz CT molecular complexity index is 990. The Morgan fingerprint density at radius 2 is 1.63 bits per heavy atom. The van der Waals surface area contributed by atoms with Crippen molar-refractivity contribution in [2.75, 3.05) is 33.9 Å². The van der Waals surface area contributed by atoms with Gasteiger partial charge in [0.05, 0.1) is 6.61 Å². The molecular weight excluding hydrogens is 388 g/mol. The van der Waals surface area contributed by atoms with E-state index in [4.69, 9.17) is 4.74 Å². The van der Waals surface area contributed by atoms with Gasteiger partial charge in [0.25, 0.3) is 5.91 Å². The predicted octanol–water partition coefficient (Wildman–Crippen LogP) is 0.666. The van der Waals surface area contributed by atoms with E-state index in [1.165, 1.54) is 26.6 Å². The summed E-state index contributed by atoms with van der Waals surface area (Å²) in [5.74, 6) is -1.62. The van der Waals surface area contributed by atoms with Gasteiger partial charge in [-0.1, -0.05) is 30.3 Å². The molecule has 0 saturated carbocycles. The van der Waals surface area contributed by atoms with Gasteiger partial charge in [0.1, 0.15) is 29.4 Å². The van der Waals surface area contributed by atoms with Gasteiger partial charge in [-0.2, -0.15) is 0 Å². The van der Waals surface area contributed by atoms with Gasteiger partial charge < -0.3 is 19.6 Å². The number of nitrogens with zero attached hydrogens (tertiary/aromatic N) is 4. The van der Waals surface area contributed by atoms with E-state index >= 15 is 0 Å². The number of Topliss-reactive ketones (excluding diaryl/α,β-unsaturated/α-hetero) is 2. The fourth-order valence-electron chi connectivity index (χ4n) is 3.25. The van der Waals surface area contributed by atoms with Crippen molar-refractivity contribution in [3.63, 3.8) is 0 Å². The minimum Gasteiger partial charge on any atom is -0.395 e. The summed E-state index contributed by atoms with van der Waals surface area (Å²) in [6.07, 6.45) is 2.65. The van der Waals surface area contributed by atoms with Gasteiger partial charge in [-0.05, 0) is 5.56 Å². The van der Waals surface area contributed by atoms with E-state index in [0.717, 1.165) is 10.5 Å². The number of hydrogen-bond donors (Lipinski definition) is 1.